The molecule has 0 aliphatic carbocycles. The van der Waals surface area contributed by atoms with E-state index in [1.807, 2.05) is 6.07 Å². The Morgan fingerprint density at radius 2 is 1.92 bits per heavy atom. The normalized spacial score (nSPS) is 16.2. The number of phenols is 2. The van der Waals surface area contributed by atoms with Crippen LogP contribution >= 0.6 is 0 Å². The molecule has 1 saturated heterocycles. The van der Waals surface area contributed by atoms with Gasteiger partial charge in [0.25, 0.3) is 0 Å². The molecular formula is C20H23N3O3. The highest BCUT2D eigenvalue weighted by molar-refractivity contribution is 5.81. The average Bonchev–Trinajstić information content (AvgIpc) is 3.07. The Morgan fingerprint density at radius 1 is 1.15 bits per heavy atom. The third-order valence-corrected chi connectivity index (χ3v) is 5.24. The third-order valence-electron chi connectivity index (χ3n) is 5.24. The molecule has 6 nitrogen and oxygen atoms in total. The van der Waals surface area contributed by atoms with Crippen molar-refractivity contribution in [2.24, 2.45) is 0 Å². The van der Waals surface area contributed by atoms with Crippen LogP contribution in [0.5, 0.6) is 17.2 Å². The maximum Gasteiger partial charge on any atom is 0.200 e. The van der Waals surface area contributed by atoms with Gasteiger partial charge in [0, 0.05) is 5.56 Å². The number of likely N-dealkylation sites (tertiary alicyclic amines) is 1. The molecule has 0 radical (unpaired) electrons. The molecular weight excluding hydrogens is 330 g/mol. The number of rotatable bonds is 3. The molecule has 1 aliphatic rings. The molecule has 0 amide bonds. The minimum atomic E-state index is -0.267. The van der Waals surface area contributed by atoms with Crippen molar-refractivity contribution < 1.29 is 14.9 Å². The highest BCUT2D eigenvalue weighted by Gasteiger charge is 2.19. The number of ether oxygens (including phenoxy) is 1. The van der Waals surface area contributed by atoms with Gasteiger partial charge in [-0.15, -0.1) is 0 Å². The predicted octanol–water partition coefficient (Wildman–Crippen LogP) is 3.46. The number of phenolic OH excluding ortho intramolecular Hbond substituents is 2. The molecule has 1 aromatic heterocycles. The van der Waals surface area contributed by atoms with Crippen LogP contribution in [0, 0.1) is 0 Å². The summed E-state index contributed by atoms with van der Waals surface area (Å²) in [6, 6.07) is 9.52. The molecule has 4 rings (SSSR count). The Balaban J connectivity index is 1.69. The second-order valence-corrected chi connectivity index (χ2v) is 6.99. The van der Waals surface area contributed by atoms with Crippen LogP contribution in [0.2, 0.25) is 0 Å². The summed E-state index contributed by atoms with van der Waals surface area (Å²) < 4.78 is 5.11. The van der Waals surface area contributed by atoms with Gasteiger partial charge in [0.05, 0.1) is 18.1 Å². The zero-order chi connectivity index (χ0) is 18.3. The Labute approximate surface area is 152 Å². The van der Waals surface area contributed by atoms with Crippen molar-refractivity contribution >= 4 is 11.0 Å². The summed E-state index contributed by atoms with van der Waals surface area (Å²) in [5.74, 6) is 0.936. The number of hydrogen-bond donors (Lipinski definition) is 3. The van der Waals surface area contributed by atoms with Crippen LogP contribution < -0.4 is 4.74 Å². The van der Waals surface area contributed by atoms with Crippen molar-refractivity contribution in [2.45, 2.75) is 18.8 Å². The molecule has 2 aromatic carbocycles. The first-order chi connectivity index (χ1) is 12.5. The van der Waals surface area contributed by atoms with Crippen LogP contribution in [-0.2, 0) is 0 Å². The van der Waals surface area contributed by atoms with E-state index in [9.17, 15) is 10.2 Å². The summed E-state index contributed by atoms with van der Waals surface area (Å²) in [6.45, 7) is 2.26. The van der Waals surface area contributed by atoms with Gasteiger partial charge in [0.15, 0.2) is 11.5 Å². The third kappa shape index (κ3) is 2.97. The second-order valence-electron chi connectivity index (χ2n) is 6.99. The number of imidazole rings is 1. The number of aromatic hydroxyl groups is 2. The molecule has 1 aliphatic heterocycles. The minimum absolute atomic E-state index is 0.215. The summed E-state index contributed by atoms with van der Waals surface area (Å²) in [4.78, 5) is 10.3. The minimum Gasteiger partial charge on any atom is -0.504 e. The van der Waals surface area contributed by atoms with Gasteiger partial charge in [0.2, 0.25) is 5.75 Å². The zero-order valence-corrected chi connectivity index (χ0v) is 15.0. The Morgan fingerprint density at radius 3 is 2.65 bits per heavy atom. The smallest absolute Gasteiger partial charge is 0.200 e. The van der Waals surface area contributed by atoms with Crippen molar-refractivity contribution in [1.82, 2.24) is 14.9 Å². The largest absolute Gasteiger partial charge is 0.504 e. The summed E-state index contributed by atoms with van der Waals surface area (Å²) in [7, 11) is 3.62. The molecule has 3 aromatic rings. The van der Waals surface area contributed by atoms with Crippen LogP contribution in [0.15, 0.2) is 30.3 Å². The van der Waals surface area contributed by atoms with Gasteiger partial charge in [-0.05, 0) is 68.7 Å². The summed E-state index contributed by atoms with van der Waals surface area (Å²) >= 11 is 0. The number of methoxy groups -OCH3 is 1. The van der Waals surface area contributed by atoms with Gasteiger partial charge >= 0.3 is 0 Å². The monoisotopic (exact) mass is 353 g/mol. The van der Waals surface area contributed by atoms with Crippen molar-refractivity contribution in [3.8, 4) is 28.6 Å². The number of nitrogens with one attached hydrogen (secondary N) is 1. The van der Waals surface area contributed by atoms with Crippen LogP contribution in [0.25, 0.3) is 22.4 Å². The first-order valence-corrected chi connectivity index (χ1v) is 8.83. The van der Waals surface area contributed by atoms with Crippen molar-refractivity contribution in [2.75, 3.05) is 27.2 Å². The van der Waals surface area contributed by atoms with E-state index in [1.54, 1.807) is 6.07 Å². The predicted molar refractivity (Wildman–Crippen MR) is 101 cm³/mol. The number of piperidine rings is 1. The second kappa shape index (κ2) is 6.53. The molecule has 3 N–H and O–H groups in total. The van der Waals surface area contributed by atoms with Gasteiger partial charge in [-0.1, -0.05) is 6.07 Å². The molecule has 0 bridgehead atoms. The van der Waals surface area contributed by atoms with E-state index in [4.69, 9.17) is 4.74 Å². The van der Waals surface area contributed by atoms with Crippen LogP contribution in [0.1, 0.15) is 24.3 Å². The topological polar surface area (TPSA) is 81.6 Å². The number of benzene rings is 2. The molecule has 6 heteroatoms. The van der Waals surface area contributed by atoms with Crippen molar-refractivity contribution in [1.29, 1.82) is 0 Å². The highest BCUT2D eigenvalue weighted by Crippen LogP contribution is 2.39. The molecule has 0 atom stereocenters. The van der Waals surface area contributed by atoms with E-state index in [2.05, 4.69) is 34.0 Å². The first-order valence-electron chi connectivity index (χ1n) is 8.83. The average molecular weight is 353 g/mol. The van der Waals surface area contributed by atoms with Gasteiger partial charge in [0.1, 0.15) is 5.82 Å². The maximum atomic E-state index is 9.91. The first kappa shape index (κ1) is 16.7. The maximum absolute atomic E-state index is 9.91. The zero-order valence-electron chi connectivity index (χ0n) is 15.0. The fourth-order valence-corrected chi connectivity index (χ4v) is 3.65. The van der Waals surface area contributed by atoms with E-state index < -0.39 is 0 Å². The standard InChI is InChI=1S/C20H23N3O3/c1-23-7-5-12(6-8-23)13-3-4-15-16(9-13)22-20(21-15)14-10-17(24)19(25)18(11-14)26-2/h3-4,9-12,24-25H,5-8H2,1-2H3,(H,21,22). The number of aromatic amines is 1. The van der Waals surface area contributed by atoms with E-state index in [-0.39, 0.29) is 17.2 Å². The molecule has 0 unspecified atom stereocenters. The molecule has 0 spiro atoms. The number of H-pyrrole nitrogens is 1. The molecule has 1 fully saturated rings. The summed E-state index contributed by atoms with van der Waals surface area (Å²) in [5, 5.41) is 19.7. The highest BCUT2D eigenvalue weighted by atomic mass is 16.5. The Hall–Kier alpha value is -2.73. The van der Waals surface area contributed by atoms with Crippen LogP contribution in [-0.4, -0.2) is 52.3 Å². The lowest BCUT2D eigenvalue weighted by Gasteiger charge is -2.29. The van der Waals surface area contributed by atoms with Gasteiger partial charge in [-0.2, -0.15) is 0 Å². The number of nitrogens with zero attached hydrogens (tertiary/aromatic N) is 2. The van der Waals surface area contributed by atoms with Crippen LogP contribution in [0.4, 0.5) is 0 Å². The summed E-state index contributed by atoms with van der Waals surface area (Å²) in [6.07, 6.45) is 2.35. The lowest BCUT2D eigenvalue weighted by molar-refractivity contribution is 0.255. The van der Waals surface area contributed by atoms with Crippen LogP contribution in [0.3, 0.4) is 0 Å². The number of aromatic nitrogens is 2. The SMILES string of the molecule is COc1cc(-c2nc3ccc(C4CCN(C)CC4)cc3[nH]2)cc(O)c1O. The van der Waals surface area contributed by atoms with Crippen molar-refractivity contribution in [3.05, 3.63) is 35.9 Å². The summed E-state index contributed by atoms with van der Waals surface area (Å²) in [5.41, 5.74) is 3.85. The lowest BCUT2D eigenvalue weighted by Crippen LogP contribution is -2.29. The lowest BCUT2D eigenvalue weighted by atomic mass is 9.89. The Kier molecular flexibility index (Phi) is 4.20. The van der Waals surface area contributed by atoms with Gasteiger partial charge in [-0.3, -0.25) is 0 Å². The van der Waals surface area contributed by atoms with E-state index in [1.165, 1.54) is 31.6 Å². The fraction of sp³-hybridized carbons (Fsp3) is 0.350. The quantitative estimate of drug-likeness (QED) is 0.628. The van der Waals surface area contributed by atoms with Crippen molar-refractivity contribution in [3.63, 3.8) is 0 Å². The fourth-order valence-electron chi connectivity index (χ4n) is 3.65. The van der Waals surface area contributed by atoms with E-state index in [0.717, 1.165) is 24.1 Å². The number of hydrogen-bond acceptors (Lipinski definition) is 5. The van der Waals surface area contributed by atoms with E-state index >= 15 is 0 Å². The Bertz CT molecular complexity index is 943. The van der Waals surface area contributed by atoms with E-state index in [0.29, 0.717) is 17.3 Å². The molecule has 26 heavy (non-hydrogen) atoms. The van der Waals surface area contributed by atoms with Gasteiger partial charge in [-0.25, -0.2) is 4.98 Å². The number of fused-ring (bicyclic) bond motifs is 1. The molecule has 136 valence electrons. The van der Waals surface area contributed by atoms with Gasteiger partial charge < -0.3 is 24.8 Å². The molecule has 2 heterocycles. The molecule has 0 saturated carbocycles.